The molecule has 5 nitrogen and oxygen atoms in total. The Hall–Kier alpha value is -1.91. The van der Waals surface area contributed by atoms with Gasteiger partial charge in [0, 0.05) is 12.1 Å². The van der Waals surface area contributed by atoms with Crippen LogP contribution in [-0.2, 0) is 4.74 Å². The Kier molecular flexibility index (Phi) is 5.48. The minimum atomic E-state index is -0.497. The summed E-state index contributed by atoms with van der Waals surface area (Å²) in [5, 5.41) is 10.5. The van der Waals surface area contributed by atoms with E-state index < -0.39 is 10.9 Å². The maximum Gasteiger partial charge on any atom is 0.338 e. The zero-order valence-electron chi connectivity index (χ0n) is 11.5. The fourth-order valence-electron chi connectivity index (χ4n) is 1.79. The molecule has 0 spiro atoms. The number of ether oxygens (including phenoxy) is 1. The predicted molar refractivity (Wildman–Crippen MR) is 72.0 cm³/mol. The standard InChI is InChI=1S/C14H19NO4/c1-4-10(3)13(5-2)19-14(16)11-6-8-12(9-7-11)15(17)18/h6-10,13H,4-5H2,1-3H3/t10-,13?/m0/s1. The van der Waals surface area contributed by atoms with E-state index >= 15 is 0 Å². The summed E-state index contributed by atoms with van der Waals surface area (Å²) < 4.78 is 5.43. The van der Waals surface area contributed by atoms with E-state index in [9.17, 15) is 14.9 Å². The number of carbonyl (C=O) groups excluding carboxylic acids is 1. The molecule has 104 valence electrons. The first-order valence-corrected chi connectivity index (χ1v) is 6.45. The van der Waals surface area contributed by atoms with Crippen molar-refractivity contribution in [3.63, 3.8) is 0 Å². The maximum atomic E-state index is 11.9. The highest BCUT2D eigenvalue weighted by molar-refractivity contribution is 5.89. The summed E-state index contributed by atoms with van der Waals surface area (Å²) in [5.41, 5.74) is 0.304. The Labute approximate surface area is 112 Å². The van der Waals surface area contributed by atoms with Gasteiger partial charge in [0.05, 0.1) is 10.5 Å². The average molecular weight is 265 g/mol. The van der Waals surface area contributed by atoms with Crippen LogP contribution >= 0.6 is 0 Å². The van der Waals surface area contributed by atoms with Crippen molar-refractivity contribution in [2.24, 2.45) is 5.92 Å². The lowest BCUT2D eigenvalue weighted by atomic mass is 10.00. The molecule has 1 unspecified atom stereocenters. The zero-order valence-corrected chi connectivity index (χ0v) is 11.5. The van der Waals surface area contributed by atoms with E-state index in [-0.39, 0.29) is 11.8 Å². The molecular formula is C14H19NO4. The van der Waals surface area contributed by atoms with Crippen LogP contribution in [0.15, 0.2) is 24.3 Å². The Bertz CT molecular complexity index is 441. The molecule has 0 bridgehead atoms. The van der Waals surface area contributed by atoms with Crippen LogP contribution in [0.5, 0.6) is 0 Å². The van der Waals surface area contributed by atoms with Crippen LogP contribution < -0.4 is 0 Å². The molecule has 0 radical (unpaired) electrons. The first kappa shape index (κ1) is 15.1. The summed E-state index contributed by atoms with van der Waals surface area (Å²) in [5.74, 6) is -0.131. The first-order valence-electron chi connectivity index (χ1n) is 6.45. The van der Waals surface area contributed by atoms with Crippen LogP contribution in [0.25, 0.3) is 0 Å². The molecule has 0 amide bonds. The van der Waals surface area contributed by atoms with E-state index in [4.69, 9.17) is 4.74 Å². The van der Waals surface area contributed by atoms with E-state index in [1.54, 1.807) is 0 Å². The third-order valence-corrected chi connectivity index (χ3v) is 3.25. The molecule has 0 saturated carbocycles. The Morgan fingerprint density at radius 3 is 2.26 bits per heavy atom. The van der Waals surface area contributed by atoms with Gasteiger partial charge in [-0.2, -0.15) is 0 Å². The van der Waals surface area contributed by atoms with Crippen molar-refractivity contribution in [2.45, 2.75) is 39.7 Å². The summed E-state index contributed by atoms with van der Waals surface area (Å²) in [6.45, 7) is 6.06. The molecule has 1 rings (SSSR count). The lowest BCUT2D eigenvalue weighted by Crippen LogP contribution is -2.24. The Morgan fingerprint density at radius 1 is 1.26 bits per heavy atom. The molecule has 0 aliphatic rings. The van der Waals surface area contributed by atoms with Crippen LogP contribution in [0, 0.1) is 16.0 Å². The number of non-ortho nitro benzene ring substituents is 1. The number of esters is 1. The molecule has 0 saturated heterocycles. The van der Waals surface area contributed by atoms with Gasteiger partial charge in [0.1, 0.15) is 6.10 Å². The van der Waals surface area contributed by atoms with E-state index in [0.29, 0.717) is 11.5 Å². The molecule has 1 aromatic rings. The molecule has 0 aliphatic carbocycles. The lowest BCUT2D eigenvalue weighted by Gasteiger charge is -2.21. The van der Waals surface area contributed by atoms with Crippen LogP contribution in [0.3, 0.4) is 0 Å². The molecule has 5 heteroatoms. The normalized spacial score (nSPS) is 13.6. The maximum absolute atomic E-state index is 11.9. The average Bonchev–Trinajstić information content (AvgIpc) is 2.43. The highest BCUT2D eigenvalue weighted by Crippen LogP contribution is 2.18. The molecule has 0 fully saturated rings. The number of hydrogen-bond donors (Lipinski definition) is 0. The highest BCUT2D eigenvalue weighted by Gasteiger charge is 2.19. The number of hydrogen-bond acceptors (Lipinski definition) is 4. The third-order valence-electron chi connectivity index (χ3n) is 3.25. The summed E-state index contributed by atoms with van der Waals surface area (Å²) in [7, 11) is 0. The van der Waals surface area contributed by atoms with Crippen molar-refractivity contribution in [3.8, 4) is 0 Å². The van der Waals surface area contributed by atoms with Crippen molar-refractivity contribution in [2.75, 3.05) is 0 Å². The molecule has 0 aliphatic heterocycles. The van der Waals surface area contributed by atoms with Crippen molar-refractivity contribution in [1.82, 2.24) is 0 Å². The smallest absolute Gasteiger partial charge is 0.338 e. The van der Waals surface area contributed by atoms with Gasteiger partial charge in [0.2, 0.25) is 0 Å². The second-order valence-corrected chi connectivity index (χ2v) is 4.54. The molecule has 2 atom stereocenters. The van der Waals surface area contributed by atoms with Crippen LogP contribution in [0.1, 0.15) is 44.0 Å². The number of rotatable bonds is 6. The topological polar surface area (TPSA) is 69.4 Å². The van der Waals surface area contributed by atoms with Crippen molar-refractivity contribution in [1.29, 1.82) is 0 Å². The summed E-state index contributed by atoms with van der Waals surface area (Å²) in [4.78, 5) is 22.0. The van der Waals surface area contributed by atoms with Gasteiger partial charge in [-0.1, -0.05) is 27.2 Å². The fraction of sp³-hybridized carbons (Fsp3) is 0.500. The molecule has 0 heterocycles. The number of nitrogens with zero attached hydrogens (tertiary/aromatic N) is 1. The molecule has 0 N–H and O–H groups in total. The number of benzene rings is 1. The molecule has 0 aromatic heterocycles. The van der Waals surface area contributed by atoms with Crippen molar-refractivity contribution >= 4 is 11.7 Å². The zero-order chi connectivity index (χ0) is 14.4. The van der Waals surface area contributed by atoms with Gasteiger partial charge in [-0.05, 0) is 24.5 Å². The van der Waals surface area contributed by atoms with Gasteiger partial charge in [-0.3, -0.25) is 10.1 Å². The summed E-state index contributed by atoms with van der Waals surface area (Å²) >= 11 is 0. The van der Waals surface area contributed by atoms with Crippen LogP contribution in [0.2, 0.25) is 0 Å². The Balaban J connectivity index is 2.74. The van der Waals surface area contributed by atoms with Crippen LogP contribution in [-0.4, -0.2) is 17.0 Å². The number of nitro groups is 1. The van der Waals surface area contributed by atoms with Gasteiger partial charge in [0.15, 0.2) is 0 Å². The monoisotopic (exact) mass is 265 g/mol. The van der Waals surface area contributed by atoms with E-state index in [1.165, 1.54) is 24.3 Å². The first-order chi connectivity index (χ1) is 8.99. The predicted octanol–water partition coefficient (Wildman–Crippen LogP) is 3.58. The fourth-order valence-corrected chi connectivity index (χ4v) is 1.79. The van der Waals surface area contributed by atoms with E-state index in [0.717, 1.165) is 12.8 Å². The molecular weight excluding hydrogens is 246 g/mol. The summed E-state index contributed by atoms with van der Waals surface area (Å²) in [6, 6.07) is 5.45. The van der Waals surface area contributed by atoms with Gasteiger partial charge in [0.25, 0.3) is 5.69 Å². The van der Waals surface area contributed by atoms with Crippen molar-refractivity contribution in [3.05, 3.63) is 39.9 Å². The quantitative estimate of drug-likeness (QED) is 0.448. The second-order valence-electron chi connectivity index (χ2n) is 4.54. The van der Waals surface area contributed by atoms with Gasteiger partial charge in [-0.25, -0.2) is 4.79 Å². The largest absolute Gasteiger partial charge is 0.459 e. The molecule has 19 heavy (non-hydrogen) atoms. The van der Waals surface area contributed by atoms with E-state index in [2.05, 4.69) is 0 Å². The van der Waals surface area contributed by atoms with Gasteiger partial charge >= 0.3 is 5.97 Å². The third kappa shape index (κ3) is 4.05. The summed E-state index contributed by atoms with van der Waals surface area (Å²) in [6.07, 6.45) is 1.58. The number of carbonyl (C=O) groups is 1. The van der Waals surface area contributed by atoms with E-state index in [1.807, 2.05) is 20.8 Å². The Morgan fingerprint density at radius 2 is 1.84 bits per heavy atom. The number of nitro benzene ring substituents is 1. The molecule has 1 aromatic carbocycles. The van der Waals surface area contributed by atoms with Crippen molar-refractivity contribution < 1.29 is 14.5 Å². The SMILES string of the molecule is CCC(OC(=O)c1ccc([N+](=O)[O-])cc1)[C@@H](C)CC. The second kappa shape index (κ2) is 6.87. The minimum Gasteiger partial charge on any atom is -0.459 e. The highest BCUT2D eigenvalue weighted by atomic mass is 16.6. The van der Waals surface area contributed by atoms with Crippen LogP contribution in [0.4, 0.5) is 5.69 Å². The van der Waals surface area contributed by atoms with Gasteiger partial charge < -0.3 is 4.74 Å². The minimum absolute atomic E-state index is 0.0366. The van der Waals surface area contributed by atoms with Gasteiger partial charge in [-0.15, -0.1) is 0 Å². The lowest BCUT2D eigenvalue weighted by molar-refractivity contribution is -0.384.